The molecule has 0 aromatic heterocycles. The first-order valence-corrected chi connectivity index (χ1v) is 6.48. The van der Waals surface area contributed by atoms with Gasteiger partial charge in [-0.3, -0.25) is 0 Å². The van der Waals surface area contributed by atoms with Gasteiger partial charge in [0.15, 0.2) is 0 Å². The van der Waals surface area contributed by atoms with E-state index < -0.39 is 23.4 Å². The first-order chi connectivity index (χ1) is 9.09. The molecule has 2 heterocycles. The number of hydrogen-bond donors (Lipinski definition) is 2. The average molecular weight is 283 g/mol. The summed E-state index contributed by atoms with van der Waals surface area (Å²) in [5.41, 5.74) is 0. The SMILES string of the molecule is CC#CC#CC=C1OC2(CCC(O)CO2)C(O)C1Cl. The Bertz CT molecular complexity index is 483. The molecule has 4 atom stereocenters. The third-order valence-electron chi connectivity index (χ3n) is 3.11. The third-order valence-corrected chi connectivity index (χ3v) is 3.56. The second kappa shape index (κ2) is 5.86. The van der Waals surface area contributed by atoms with E-state index in [1.54, 1.807) is 6.92 Å². The molecule has 0 aliphatic carbocycles. The Balaban J connectivity index is 2.14. The van der Waals surface area contributed by atoms with Gasteiger partial charge in [0.25, 0.3) is 0 Å². The predicted octanol–water partition coefficient (Wildman–Crippen LogP) is 0.763. The molecule has 2 aliphatic heterocycles. The lowest BCUT2D eigenvalue weighted by Gasteiger charge is -2.36. The molecule has 19 heavy (non-hydrogen) atoms. The minimum atomic E-state index is -1.16. The van der Waals surface area contributed by atoms with Crippen LogP contribution in [0.3, 0.4) is 0 Å². The van der Waals surface area contributed by atoms with E-state index in [9.17, 15) is 10.2 Å². The van der Waals surface area contributed by atoms with Crippen LogP contribution >= 0.6 is 11.6 Å². The number of alkyl halides is 1. The summed E-state index contributed by atoms with van der Waals surface area (Å²) in [6, 6.07) is 0. The molecular formula is C14H15ClO4. The minimum absolute atomic E-state index is 0.126. The van der Waals surface area contributed by atoms with Gasteiger partial charge in [-0.15, -0.1) is 11.6 Å². The fourth-order valence-corrected chi connectivity index (χ4v) is 2.38. The lowest BCUT2D eigenvalue weighted by Crippen LogP contribution is -2.49. The molecule has 1 spiro atoms. The Labute approximate surface area is 117 Å². The molecule has 2 fully saturated rings. The quantitative estimate of drug-likeness (QED) is 0.509. The van der Waals surface area contributed by atoms with Crippen LogP contribution in [-0.4, -0.2) is 40.2 Å². The van der Waals surface area contributed by atoms with Crippen molar-refractivity contribution in [1.29, 1.82) is 0 Å². The summed E-state index contributed by atoms with van der Waals surface area (Å²) in [6.45, 7) is 1.82. The van der Waals surface area contributed by atoms with Gasteiger partial charge >= 0.3 is 0 Å². The highest BCUT2D eigenvalue weighted by atomic mass is 35.5. The Morgan fingerprint density at radius 1 is 1.42 bits per heavy atom. The molecule has 102 valence electrons. The van der Waals surface area contributed by atoms with E-state index in [1.807, 2.05) is 0 Å². The number of ether oxygens (including phenoxy) is 2. The van der Waals surface area contributed by atoms with E-state index in [4.69, 9.17) is 21.1 Å². The second-order valence-electron chi connectivity index (χ2n) is 4.46. The molecule has 2 saturated heterocycles. The molecule has 2 rings (SSSR count). The number of rotatable bonds is 0. The molecule has 2 aliphatic rings. The Kier molecular flexibility index (Phi) is 4.39. The van der Waals surface area contributed by atoms with Gasteiger partial charge in [-0.2, -0.15) is 0 Å². The van der Waals surface area contributed by atoms with Crippen LogP contribution in [0, 0.1) is 23.7 Å². The lowest BCUT2D eigenvalue weighted by atomic mass is 9.98. The molecule has 4 nitrogen and oxygen atoms in total. The molecule has 0 aromatic rings. The van der Waals surface area contributed by atoms with Crippen molar-refractivity contribution in [2.45, 2.75) is 43.1 Å². The number of halogens is 1. The van der Waals surface area contributed by atoms with Gasteiger partial charge in [0, 0.05) is 12.5 Å². The summed E-state index contributed by atoms with van der Waals surface area (Å²) < 4.78 is 11.1. The topological polar surface area (TPSA) is 58.9 Å². The van der Waals surface area contributed by atoms with E-state index in [0.29, 0.717) is 18.6 Å². The van der Waals surface area contributed by atoms with Crippen molar-refractivity contribution in [3.05, 3.63) is 11.8 Å². The summed E-state index contributed by atoms with van der Waals surface area (Å²) in [5.74, 6) is 9.76. The number of aliphatic hydroxyl groups is 2. The van der Waals surface area contributed by atoms with Crippen LogP contribution < -0.4 is 0 Å². The zero-order valence-electron chi connectivity index (χ0n) is 10.5. The lowest BCUT2D eigenvalue weighted by molar-refractivity contribution is -0.269. The minimum Gasteiger partial charge on any atom is -0.461 e. The largest absolute Gasteiger partial charge is 0.461 e. The van der Waals surface area contributed by atoms with Crippen LogP contribution in [0.5, 0.6) is 0 Å². The molecule has 0 amide bonds. The second-order valence-corrected chi connectivity index (χ2v) is 4.93. The van der Waals surface area contributed by atoms with Crippen molar-refractivity contribution in [2.24, 2.45) is 0 Å². The highest BCUT2D eigenvalue weighted by Gasteiger charge is 2.55. The number of allylic oxidation sites excluding steroid dienone is 1. The van der Waals surface area contributed by atoms with Gasteiger partial charge in [-0.25, -0.2) is 0 Å². The third kappa shape index (κ3) is 2.88. The van der Waals surface area contributed by atoms with Gasteiger partial charge in [0.1, 0.15) is 17.2 Å². The highest BCUT2D eigenvalue weighted by molar-refractivity contribution is 6.23. The van der Waals surface area contributed by atoms with Gasteiger partial charge in [-0.1, -0.05) is 11.8 Å². The molecule has 0 saturated carbocycles. The molecule has 5 heteroatoms. The summed E-state index contributed by atoms with van der Waals surface area (Å²) in [5, 5.41) is 18.9. The summed E-state index contributed by atoms with van der Waals surface area (Å²) in [7, 11) is 0. The first kappa shape index (κ1) is 14.2. The van der Waals surface area contributed by atoms with Crippen LogP contribution in [0.1, 0.15) is 19.8 Å². The van der Waals surface area contributed by atoms with E-state index in [1.165, 1.54) is 6.08 Å². The van der Waals surface area contributed by atoms with Crippen molar-refractivity contribution < 1.29 is 19.7 Å². The zero-order chi connectivity index (χ0) is 13.9. The van der Waals surface area contributed by atoms with Crippen molar-refractivity contribution in [1.82, 2.24) is 0 Å². The van der Waals surface area contributed by atoms with Crippen LogP contribution in [0.2, 0.25) is 0 Å². The monoisotopic (exact) mass is 282 g/mol. The van der Waals surface area contributed by atoms with Gasteiger partial charge in [0.05, 0.1) is 12.7 Å². The molecule has 0 radical (unpaired) electrons. The smallest absolute Gasteiger partial charge is 0.238 e. The predicted molar refractivity (Wildman–Crippen MR) is 70.0 cm³/mol. The maximum Gasteiger partial charge on any atom is 0.238 e. The normalized spacial score (nSPS) is 39.2. The van der Waals surface area contributed by atoms with Gasteiger partial charge in [0.2, 0.25) is 5.79 Å². The maximum atomic E-state index is 10.2. The average Bonchev–Trinajstić information content (AvgIpc) is 2.64. The van der Waals surface area contributed by atoms with Crippen LogP contribution in [0.4, 0.5) is 0 Å². The van der Waals surface area contributed by atoms with Crippen molar-refractivity contribution >= 4 is 11.6 Å². The first-order valence-electron chi connectivity index (χ1n) is 6.04. The highest BCUT2D eigenvalue weighted by Crippen LogP contribution is 2.42. The van der Waals surface area contributed by atoms with E-state index in [-0.39, 0.29) is 6.61 Å². The van der Waals surface area contributed by atoms with Crippen LogP contribution in [-0.2, 0) is 9.47 Å². The van der Waals surface area contributed by atoms with E-state index in [0.717, 1.165) is 0 Å². The van der Waals surface area contributed by atoms with Crippen LogP contribution in [0.15, 0.2) is 11.8 Å². The van der Waals surface area contributed by atoms with Crippen LogP contribution in [0.25, 0.3) is 0 Å². The van der Waals surface area contributed by atoms with Gasteiger partial charge in [-0.05, 0) is 25.2 Å². The maximum absolute atomic E-state index is 10.2. The van der Waals surface area contributed by atoms with E-state index >= 15 is 0 Å². The Hall–Kier alpha value is -1.17. The Morgan fingerprint density at radius 3 is 2.84 bits per heavy atom. The molecule has 0 bridgehead atoms. The van der Waals surface area contributed by atoms with Crippen molar-refractivity contribution in [3.8, 4) is 23.7 Å². The zero-order valence-corrected chi connectivity index (χ0v) is 11.3. The fraction of sp³-hybridized carbons (Fsp3) is 0.571. The Morgan fingerprint density at radius 2 is 2.21 bits per heavy atom. The van der Waals surface area contributed by atoms with Gasteiger partial charge < -0.3 is 19.7 Å². The summed E-state index contributed by atoms with van der Waals surface area (Å²) in [4.78, 5) is 0. The summed E-state index contributed by atoms with van der Waals surface area (Å²) in [6.07, 6.45) is 0.878. The molecule has 0 aromatic carbocycles. The van der Waals surface area contributed by atoms with Crippen molar-refractivity contribution in [3.63, 3.8) is 0 Å². The number of hydrogen-bond acceptors (Lipinski definition) is 4. The number of aliphatic hydroxyl groups excluding tert-OH is 2. The fourth-order valence-electron chi connectivity index (χ4n) is 2.08. The standard InChI is InChI=1S/C14H15ClO4/c1-2-3-4-5-6-11-12(15)13(17)14(19-11)8-7-10(16)9-18-14/h6,10,12-13,16-17H,7-9H2,1H3. The van der Waals surface area contributed by atoms with E-state index in [2.05, 4.69) is 23.7 Å². The molecule has 2 N–H and O–H groups in total. The molecule has 4 unspecified atom stereocenters. The summed E-state index contributed by atoms with van der Waals surface area (Å²) >= 11 is 6.11. The molecular weight excluding hydrogens is 268 g/mol. The van der Waals surface area contributed by atoms with Crippen molar-refractivity contribution in [2.75, 3.05) is 6.61 Å².